The van der Waals surface area contributed by atoms with E-state index < -0.39 is 0 Å². The fourth-order valence-electron chi connectivity index (χ4n) is 3.67. The zero-order valence-electron chi connectivity index (χ0n) is 15.7. The number of fused-ring (bicyclic) bond motifs is 1. The predicted molar refractivity (Wildman–Crippen MR) is 108 cm³/mol. The number of aryl methyl sites for hydroxylation is 2. The van der Waals surface area contributed by atoms with Gasteiger partial charge in [-0.2, -0.15) is 0 Å². The molecule has 7 heteroatoms. The first-order valence-electron chi connectivity index (χ1n) is 9.04. The molecule has 140 valence electrons. The Bertz CT molecular complexity index is 1070. The highest BCUT2D eigenvalue weighted by Gasteiger charge is 2.29. The molecule has 2 aromatic heterocycles. The monoisotopic (exact) mass is 382 g/mol. The highest BCUT2D eigenvalue weighted by molar-refractivity contribution is 7.15. The minimum atomic E-state index is -0.280. The molecule has 0 unspecified atom stereocenters. The van der Waals surface area contributed by atoms with Crippen molar-refractivity contribution >= 4 is 27.9 Å². The van der Waals surface area contributed by atoms with Crippen molar-refractivity contribution in [3.8, 4) is 0 Å². The SMILES string of the molecule is Cc1cccc(N2CCN(C(=O)c3cnc4scc(C)n4c3=O)C[C@H]2C)c1. The summed E-state index contributed by atoms with van der Waals surface area (Å²) in [6.45, 7) is 7.95. The third-order valence-electron chi connectivity index (χ3n) is 5.09. The first kappa shape index (κ1) is 17.7. The molecule has 6 nitrogen and oxygen atoms in total. The lowest BCUT2D eigenvalue weighted by molar-refractivity contribution is 0.0724. The van der Waals surface area contributed by atoms with Crippen molar-refractivity contribution in [2.45, 2.75) is 26.8 Å². The second kappa shape index (κ2) is 6.81. The van der Waals surface area contributed by atoms with Gasteiger partial charge in [0.1, 0.15) is 5.56 Å². The molecule has 0 saturated carbocycles. The zero-order valence-corrected chi connectivity index (χ0v) is 16.5. The van der Waals surface area contributed by atoms with Crippen LogP contribution in [0.3, 0.4) is 0 Å². The number of piperazine rings is 1. The molecule has 0 bridgehead atoms. The van der Waals surface area contributed by atoms with Crippen LogP contribution in [0.15, 0.2) is 40.6 Å². The number of anilines is 1. The van der Waals surface area contributed by atoms with Gasteiger partial charge >= 0.3 is 0 Å². The number of aromatic nitrogens is 2. The van der Waals surface area contributed by atoms with Gasteiger partial charge < -0.3 is 9.80 Å². The minimum Gasteiger partial charge on any atom is -0.365 e. The van der Waals surface area contributed by atoms with E-state index in [1.807, 2.05) is 12.3 Å². The van der Waals surface area contributed by atoms with Gasteiger partial charge in [0.2, 0.25) is 0 Å². The predicted octanol–water partition coefficient (Wildman–Crippen LogP) is 2.72. The number of thiazole rings is 1. The lowest BCUT2D eigenvalue weighted by Crippen LogP contribution is -2.54. The minimum absolute atomic E-state index is 0.144. The summed E-state index contributed by atoms with van der Waals surface area (Å²) in [4.78, 5) is 34.8. The number of hydrogen-bond acceptors (Lipinski definition) is 5. The van der Waals surface area contributed by atoms with E-state index in [-0.39, 0.29) is 23.1 Å². The van der Waals surface area contributed by atoms with Crippen LogP contribution in [0.5, 0.6) is 0 Å². The molecule has 3 aromatic rings. The van der Waals surface area contributed by atoms with Gasteiger partial charge in [0.05, 0.1) is 0 Å². The summed E-state index contributed by atoms with van der Waals surface area (Å²) in [5, 5.41) is 1.88. The molecule has 0 spiro atoms. The average molecular weight is 382 g/mol. The number of carbonyl (C=O) groups excluding carboxylic acids is 1. The molecule has 1 aliphatic heterocycles. The maximum Gasteiger partial charge on any atom is 0.271 e. The zero-order chi connectivity index (χ0) is 19.1. The summed E-state index contributed by atoms with van der Waals surface area (Å²) in [6, 6.07) is 8.57. The van der Waals surface area contributed by atoms with Gasteiger partial charge in [-0.05, 0) is 38.5 Å². The van der Waals surface area contributed by atoms with Crippen LogP contribution in [0.1, 0.15) is 28.5 Å². The number of nitrogens with zero attached hydrogens (tertiary/aromatic N) is 4. The van der Waals surface area contributed by atoms with Crippen LogP contribution in [0.4, 0.5) is 5.69 Å². The standard InChI is InChI=1S/C20H22N4O2S/c1-13-5-4-6-16(9-13)23-8-7-22(11-14(23)2)18(25)17-10-21-20-24(19(17)26)15(3)12-27-20/h4-6,9-10,12,14H,7-8,11H2,1-3H3/t14-/m1/s1. The third kappa shape index (κ3) is 3.12. The molecule has 1 aromatic carbocycles. The van der Waals surface area contributed by atoms with Crippen LogP contribution in [0.2, 0.25) is 0 Å². The van der Waals surface area contributed by atoms with Crippen molar-refractivity contribution < 1.29 is 4.79 Å². The molecule has 4 rings (SSSR count). The van der Waals surface area contributed by atoms with E-state index in [9.17, 15) is 9.59 Å². The summed E-state index contributed by atoms with van der Waals surface area (Å²) >= 11 is 1.40. The van der Waals surface area contributed by atoms with E-state index in [0.29, 0.717) is 18.1 Å². The Hall–Kier alpha value is -2.67. The molecule has 0 aliphatic carbocycles. The number of benzene rings is 1. The second-order valence-electron chi connectivity index (χ2n) is 7.10. The van der Waals surface area contributed by atoms with Crippen molar-refractivity contribution in [2.75, 3.05) is 24.5 Å². The molecule has 1 atom stereocenters. The Kier molecular flexibility index (Phi) is 4.47. The van der Waals surface area contributed by atoms with E-state index in [4.69, 9.17) is 0 Å². The van der Waals surface area contributed by atoms with Crippen LogP contribution in [0, 0.1) is 13.8 Å². The highest BCUT2D eigenvalue weighted by Crippen LogP contribution is 2.22. The molecular formula is C20H22N4O2S. The Balaban J connectivity index is 1.57. The summed E-state index contributed by atoms with van der Waals surface area (Å²) in [5.41, 5.74) is 3.06. The van der Waals surface area contributed by atoms with Gasteiger partial charge in [-0.1, -0.05) is 12.1 Å². The maximum atomic E-state index is 13.0. The number of amides is 1. The Morgan fingerprint density at radius 3 is 2.81 bits per heavy atom. The summed E-state index contributed by atoms with van der Waals surface area (Å²) in [5.74, 6) is -0.233. The third-order valence-corrected chi connectivity index (χ3v) is 6.05. The molecule has 0 N–H and O–H groups in total. The normalized spacial score (nSPS) is 17.5. The van der Waals surface area contributed by atoms with E-state index in [1.165, 1.54) is 33.2 Å². The van der Waals surface area contributed by atoms with E-state index >= 15 is 0 Å². The first-order chi connectivity index (χ1) is 13.0. The molecule has 1 fully saturated rings. The quantitative estimate of drug-likeness (QED) is 0.684. The van der Waals surface area contributed by atoms with Gasteiger partial charge in [-0.15, -0.1) is 11.3 Å². The fraction of sp³-hybridized carbons (Fsp3) is 0.350. The van der Waals surface area contributed by atoms with Gasteiger partial charge in [0.15, 0.2) is 4.96 Å². The average Bonchev–Trinajstić information content (AvgIpc) is 3.03. The van der Waals surface area contributed by atoms with Crippen molar-refractivity contribution in [1.82, 2.24) is 14.3 Å². The Labute approximate surface area is 161 Å². The second-order valence-corrected chi connectivity index (χ2v) is 7.94. The molecule has 27 heavy (non-hydrogen) atoms. The summed E-state index contributed by atoms with van der Waals surface area (Å²) < 4.78 is 1.52. The van der Waals surface area contributed by atoms with E-state index in [1.54, 1.807) is 4.90 Å². The van der Waals surface area contributed by atoms with Gasteiger partial charge in [-0.25, -0.2) is 4.98 Å². The molecule has 1 amide bonds. The van der Waals surface area contributed by atoms with Crippen LogP contribution in [-0.4, -0.2) is 45.9 Å². The van der Waals surface area contributed by atoms with E-state index in [0.717, 1.165) is 12.2 Å². The molecule has 0 radical (unpaired) electrons. The van der Waals surface area contributed by atoms with Crippen molar-refractivity contribution in [2.24, 2.45) is 0 Å². The Morgan fingerprint density at radius 1 is 1.26 bits per heavy atom. The van der Waals surface area contributed by atoms with Crippen LogP contribution < -0.4 is 10.5 Å². The number of rotatable bonds is 2. The fourth-order valence-corrected chi connectivity index (χ4v) is 4.50. The number of carbonyl (C=O) groups is 1. The lowest BCUT2D eigenvalue weighted by Gasteiger charge is -2.41. The van der Waals surface area contributed by atoms with Gasteiger partial charge in [0.25, 0.3) is 11.5 Å². The van der Waals surface area contributed by atoms with Crippen LogP contribution >= 0.6 is 11.3 Å². The van der Waals surface area contributed by atoms with Crippen molar-refractivity contribution in [3.05, 3.63) is 63.0 Å². The first-order valence-corrected chi connectivity index (χ1v) is 9.92. The molecule has 3 heterocycles. The smallest absolute Gasteiger partial charge is 0.271 e. The highest BCUT2D eigenvalue weighted by atomic mass is 32.1. The molecule has 1 saturated heterocycles. The van der Waals surface area contributed by atoms with Gasteiger partial charge in [-0.3, -0.25) is 14.0 Å². The van der Waals surface area contributed by atoms with Crippen molar-refractivity contribution in [3.63, 3.8) is 0 Å². The topological polar surface area (TPSA) is 57.9 Å². The lowest BCUT2D eigenvalue weighted by atomic mass is 10.1. The van der Waals surface area contributed by atoms with Crippen LogP contribution in [0.25, 0.3) is 4.96 Å². The maximum absolute atomic E-state index is 13.0. The van der Waals surface area contributed by atoms with Crippen LogP contribution in [-0.2, 0) is 0 Å². The summed E-state index contributed by atoms with van der Waals surface area (Å²) in [6.07, 6.45) is 1.42. The molecule has 1 aliphatic rings. The van der Waals surface area contributed by atoms with E-state index in [2.05, 4.69) is 48.0 Å². The Morgan fingerprint density at radius 2 is 2.07 bits per heavy atom. The molecular weight excluding hydrogens is 360 g/mol. The largest absolute Gasteiger partial charge is 0.365 e. The summed E-state index contributed by atoms with van der Waals surface area (Å²) in [7, 11) is 0. The van der Waals surface area contributed by atoms with Gasteiger partial charge in [0, 0.05) is 48.6 Å². The van der Waals surface area contributed by atoms with Crippen molar-refractivity contribution in [1.29, 1.82) is 0 Å². The number of hydrogen-bond donors (Lipinski definition) is 0.